The van der Waals surface area contributed by atoms with E-state index >= 15 is 0 Å². The van der Waals surface area contributed by atoms with Crippen molar-refractivity contribution in [3.8, 4) is 11.1 Å². The second-order valence-corrected chi connectivity index (χ2v) is 9.57. The average molecular weight is 400 g/mol. The molecule has 152 valence electrons. The van der Waals surface area contributed by atoms with Crippen LogP contribution in [0.25, 0.3) is 21.9 Å². The molecular weight excluding hydrogens is 376 g/mol. The van der Waals surface area contributed by atoms with Crippen molar-refractivity contribution in [2.75, 3.05) is 0 Å². The molecule has 2 fully saturated rings. The molecular formula is C26H24O4. The zero-order valence-electron chi connectivity index (χ0n) is 16.8. The lowest BCUT2D eigenvalue weighted by Crippen LogP contribution is -2.44. The maximum atomic E-state index is 11.6. The van der Waals surface area contributed by atoms with Crippen LogP contribution in [0.2, 0.25) is 0 Å². The Balaban J connectivity index is 1.54. The van der Waals surface area contributed by atoms with Gasteiger partial charge in [0.25, 0.3) is 0 Å². The normalized spacial score (nSPS) is 33.6. The number of hydrogen-bond acceptors (Lipinski definition) is 3. The van der Waals surface area contributed by atoms with E-state index in [-0.39, 0.29) is 22.5 Å². The van der Waals surface area contributed by atoms with Gasteiger partial charge < -0.3 is 15.3 Å². The Morgan fingerprint density at radius 2 is 1.83 bits per heavy atom. The first-order valence-electron chi connectivity index (χ1n) is 10.6. The first-order chi connectivity index (χ1) is 14.4. The smallest absolute Gasteiger partial charge is 0.336 e. The summed E-state index contributed by atoms with van der Waals surface area (Å²) in [6.45, 7) is 2.15. The summed E-state index contributed by atoms with van der Waals surface area (Å²) in [7, 11) is 0. The van der Waals surface area contributed by atoms with Crippen molar-refractivity contribution < 1.29 is 20.1 Å². The maximum Gasteiger partial charge on any atom is 0.336 e. The van der Waals surface area contributed by atoms with Gasteiger partial charge in [0.2, 0.25) is 0 Å². The summed E-state index contributed by atoms with van der Waals surface area (Å²) in [4.78, 5) is 11.6. The highest BCUT2D eigenvalue weighted by Gasteiger charge is 2.74. The molecule has 4 nitrogen and oxygen atoms in total. The van der Waals surface area contributed by atoms with Crippen molar-refractivity contribution in [3.63, 3.8) is 0 Å². The Bertz CT molecular complexity index is 1230. The monoisotopic (exact) mass is 400 g/mol. The summed E-state index contributed by atoms with van der Waals surface area (Å²) in [5.74, 6) is -0.438. The Hall–Kier alpha value is -2.69. The minimum Gasteiger partial charge on any atom is -0.478 e. The molecule has 1 spiro atoms. The topological polar surface area (TPSA) is 77.8 Å². The Morgan fingerprint density at radius 3 is 2.63 bits per heavy atom. The fourth-order valence-electron chi connectivity index (χ4n) is 6.79. The van der Waals surface area contributed by atoms with E-state index in [1.165, 1.54) is 5.56 Å². The first kappa shape index (κ1) is 18.1. The van der Waals surface area contributed by atoms with Crippen LogP contribution in [0.1, 0.15) is 53.8 Å². The van der Waals surface area contributed by atoms with Gasteiger partial charge in [0, 0.05) is 10.8 Å². The number of benzene rings is 3. The summed E-state index contributed by atoms with van der Waals surface area (Å²) in [5.41, 5.74) is 3.76. The molecule has 4 heteroatoms. The number of aliphatic hydroxyl groups excluding tert-OH is 2. The molecule has 0 amide bonds. The molecule has 5 atom stereocenters. The lowest BCUT2D eigenvalue weighted by Gasteiger charge is -2.45. The standard InChI is InChI=1S/C26H24O4/c1-25-13-21(27)23-18-8-6-14(17-4-2-3-5-19(17)24(29)30)10-15(18)7-9-20(23)26(25)12-16(26)11-22(25)28/h2-10,16,21-22,27-28H,11-13H2,1H3,(H,29,30)/t16-,21+,22+,25-,26+/m1/s1. The van der Waals surface area contributed by atoms with Crippen LogP contribution in [0.3, 0.4) is 0 Å². The van der Waals surface area contributed by atoms with Crippen molar-refractivity contribution in [3.05, 3.63) is 71.3 Å². The largest absolute Gasteiger partial charge is 0.478 e. The third kappa shape index (κ3) is 2.06. The molecule has 0 saturated heterocycles. The number of carbonyl (C=O) groups is 1. The third-order valence-corrected chi connectivity index (χ3v) is 8.33. The molecule has 30 heavy (non-hydrogen) atoms. The van der Waals surface area contributed by atoms with Crippen molar-refractivity contribution in [1.29, 1.82) is 0 Å². The van der Waals surface area contributed by atoms with E-state index in [4.69, 9.17) is 0 Å². The van der Waals surface area contributed by atoms with Gasteiger partial charge in [0.05, 0.1) is 17.8 Å². The summed E-state index contributed by atoms with van der Waals surface area (Å²) in [6.07, 6.45) is 1.54. The molecule has 0 radical (unpaired) electrons. The van der Waals surface area contributed by atoms with Crippen LogP contribution in [0.5, 0.6) is 0 Å². The summed E-state index contributed by atoms with van der Waals surface area (Å²) in [6, 6.07) is 17.3. The minimum absolute atomic E-state index is 0.0102. The second kappa shape index (κ2) is 5.71. The van der Waals surface area contributed by atoms with Crippen LogP contribution in [-0.2, 0) is 5.41 Å². The predicted molar refractivity (Wildman–Crippen MR) is 114 cm³/mol. The van der Waals surface area contributed by atoms with Gasteiger partial charge in [-0.05, 0) is 70.3 Å². The molecule has 0 heterocycles. The van der Waals surface area contributed by atoms with Gasteiger partial charge in [0.1, 0.15) is 0 Å². The number of aromatic carboxylic acids is 1. The van der Waals surface area contributed by atoms with Gasteiger partial charge in [-0.25, -0.2) is 4.79 Å². The minimum atomic E-state index is -0.940. The van der Waals surface area contributed by atoms with E-state index in [9.17, 15) is 20.1 Å². The van der Waals surface area contributed by atoms with Crippen molar-refractivity contribution in [1.82, 2.24) is 0 Å². The SMILES string of the molecule is C[C@]12C[C@H](O)c3c(ccc4cc(-c5ccccc5C(=O)O)ccc34)[C@@]13C[C@H]3C[C@@H]2O. The highest BCUT2D eigenvalue weighted by Crippen LogP contribution is 2.77. The van der Waals surface area contributed by atoms with E-state index in [0.717, 1.165) is 34.7 Å². The first-order valence-corrected chi connectivity index (χ1v) is 10.6. The molecule has 3 aliphatic rings. The maximum absolute atomic E-state index is 11.6. The van der Waals surface area contributed by atoms with Crippen LogP contribution in [-0.4, -0.2) is 27.4 Å². The van der Waals surface area contributed by atoms with Crippen molar-refractivity contribution in [2.45, 2.75) is 43.8 Å². The van der Waals surface area contributed by atoms with E-state index in [1.807, 2.05) is 30.3 Å². The quantitative estimate of drug-likeness (QED) is 0.584. The highest BCUT2D eigenvalue weighted by atomic mass is 16.4. The predicted octanol–water partition coefficient (Wildman–Crippen LogP) is 4.67. The second-order valence-electron chi connectivity index (χ2n) is 9.57. The molecule has 3 N–H and O–H groups in total. The molecule has 3 aromatic rings. The van der Waals surface area contributed by atoms with E-state index < -0.39 is 12.1 Å². The van der Waals surface area contributed by atoms with Crippen molar-refractivity contribution >= 4 is 16.7 Å². The number of carboxylic acid groups (broad SMARTS) is 1. The van der Waals surface area contributed by atoms with E-state index in [1.54, 1.807) is 12.1 Å². The number of fused-ring (bicyclic) bond motifs is 3. The highest BCUT2D eigenvalue weighted by molar-refractivity contribution is 5.98. The average Bonchev–Trinajstić information content (AvgIpc) is 3.41. The molecule has 3 aromatic carbocycles. The number of rotatable bonds is 2. The number of carboxylic acids is 1. The molecule has 6 rings (SSSR count). The van der Waals surface area contributed by atoms with Gasteiger partial charge in [-0.3, -0.25) is 0 Å². The van der Waals surface area contributed by atoms with Crippen molar-refractivity contribution in [2.24, 2.45) is 11.3 Å². The lowest BCUT2D eigenvalue weighted by molar-refractivity contribution is -0.0191. The molecule has 3 aliphatic carbocycles. The Labute approximate surface area is 174 Å². The molecule has 2 saturated carbocycles. The van der Waals surface area contributed by atoms with Gasteiger partial charge in [-0.2, -0.15) is 0 Å². The lowest BCUT2D eigenvalue weighted by atomic mass is 9.60. The van der Waals surface area contributed by atoms with Gasteiger partial charge in [-0.15, -0.1) is 0 Å². The number of hydrogen-bond donors (Lipinski definition) is 3. The van der Waals surface area contributed by atoms with E-state index in [2.05, 4.69) is 19.1 Å². The van der Waals surface area contributed by atoms with Gasteiger partial charge in [-0.1, -0.05) is 49.4 Å². The van der Waals surface area contributed by atoms with Gasteiger partial charge in [0.15, 0.2) is 0 Å². The van der Waals surface area contributed by atoms with Gasteiger partial charge >= 0.3 is 5.97 Å². The third-order valence-electron chi connectivity index (χ3n) is 8.33. The molecule has 0 bridgehead atoms. The fourth-order valence-corrected chi connectivity index (χ4v) is 6.79. The Morgan fingerprint density at radius 1 is 1.03 bits per heavy atom. The Kier molecular flexibility index (Phi) is 3.45. The fraction of sp³-hybridized carbons (Fsp3) is 0.346. The van der Waals surface area contributed by atoms with Crippen LogP contribution in [0, 0.1) is 11.3 Å². The van der Waals surface area contributed by atoms with Crippen LogP contribution in [0.4, 0.5) is 0 Å². The molecule has 0 aromatic heterocycles. The van der Waals surface area contributed by atoms with Crippen LogP contribution < -0.4 is 0 Å². The van der Waals surface area contributed by atoms with Crippen LogP contribution in [0.15, 0.2) is 54.6 Å². The summed E-state index contributed by atoms with van der Waals surface area (Å²) >= 11 is 0. The molecule has 0 aliphatic heterocycles. The zero-order chi connectivity index (χ0) is 20.8. The van der Waals surface area contributed by atoms with Crippen LogP contribution >= 0.6 is 0 Å². The summed E-state index contributed by atoms with van der Waals surface area (Å²) in [5, 5.41) is 33.4. The van der Waals surface area contributed by atoms with E-state index in [0.29, 0.717) is 17.9 Å². The zero-order valence-corrected chi connectivity index (χ0v) is 16.8. The summed E-state index contributed by atoms with van der Waals surface area (Å²) < 4.78 is 0. The molecule has 0 unspecified atom stereocenters. The number of aliphatic hydroxyl groups is 2.